The number of carbonyl (C=O) groups is 2. The molecule has 0 aromatic carbocycles. The third-order valence-corrected chi connectivity index (χ3v) is 5.15. The van der Waals surface area contributed by atoms with Crippen LogP contribution in [-0.2, 0) is 25.5 Å². The molecule has 148 valence electrons. The summed E-state index contributed by atoms with van der Waals surface area (Å²) in [5.74, 6) is -1.44. The quantitative estimate of drug-likeness (QED) is 0.339. The first-order valence-electron chi connectivity index (χ1n) is 7.97. The maximum Gasteiger partial charge on any atom is 0.348 e. The molecule has 0 spiro atoms. The lowest BCUT2D eigenvalue weighted by Gasteiger charge is -1.99. The minimum atomic E-state index is -0.720. The second kappa shape index (κ2) is 9.92. The van der Waals surface area contributed by atoms with E-state index < -0.39 is 11.9 Å². The van der Waals surface area contributed by atoms with Crippen LogP contribution in [0.3, 0.4) is 0 Å². The first-order chi connectivity index (χ1) is 13.8. The fraction of sp³-hybridized carbons (Fsp3) is 0.158. The van der Waals surface area contributed by atoms with Crippen molar-refractivity contribution in [3.8, 4) is 12.1 Å². The summed E-state index contributed by atoms with van der Waals surface area (Å²) < 4.78 is 10.6. The summed E-state index contributed by atoms with van der Waals surface area (Å²) >= 11 is 6.89. The highest BCUT2D eigenvalue weighted by molar-refractivity contribution is 9.10. The van der Waals surface area contributed by atoms with Gasteiger partial charge in [0, 0.05) is 38.1 Å². The summed E-state index contributed by atoms with van der Waals surface area (Å²) in [6.45, 7) is 0. The second-order valence-corrected chi connectivity index (χ2v) is 7.31. The van der Waals surface area contributed by atoms with Crippen LogP contribution in [0, 0.1) is 22.7 Å². The maximum absolute atomic E-state index is 11.5. The van der Waals surface area contributed by atoms with Crippen molar-refractivity contribution in [1.29, 1.82) is 10.5 Å². The number of aromatic amines is 2. The molecule has 29 heavy (non-hydrogen) atoms. The van der Waals surface area contributed by atoms with Gasteiger partial charge in [-0.15, -0.1) is 0 Å². The molecule has 0 unspecified atom stereocenters. The molecular weight excluding hydrogens is 508 g/mol. The lowest BCUT2D eigenvalue weighted by atomic mass is 10.2. The number of ether oxygens (including phenoxy) is 2. The molecule has 0 saturated carbocycles. The highest BCUT2D eigenvalue weighted by Gasteiger charge is 2.14. The van der Waals surface area contributed by atoms with Gasteiger partial charge in [-0.05, 0) is 56.1 Å². The third kappa shape index (κ3) is 5.47. The summed E-state index contributed by atoms with van der Waals surface area (Å²) in [6, 6.07) is 7.06. The minimum Gasteiger partial charge on any atom is -0.465 e. The largest absolute Gasteiger partial charge is 0.465 e. The molecule has 0 amide bonds. The molecule has 2 N–H and O–H groups in total. The molecule has 2 aromatic heterocycles. The van der Waals surface area contributed by atoms with Gasteiger partial charge in [-0.1, -0.05) is 0 Å². The molecule has 10 heteroatoms. The van der Waals surface area contributed by atoms with Crippen molar-refractivity contribution in [2.24, 2.45) is 0 Å². The average Bonchev–Trinajstić information content (AvgIpc) is 3.24. The Labute approximate surface area is 183 Å². The van der Waals surface area contributed by atoms with Gasteiger partial charge in [-0.2, -0.15) is 10.5 Å². The van der Waals surface area contributed by atoms with Crippen molar-refractivity contribution in [2.75, 3.05) is 14.2 Å². The Morgan fingerprint density at radius 3 is 1.62 bits per heavy atom. The molecule has 2 aromatic rings. The number of carbonyl (C=O) groups excluding carboxylic acids is 2. The van der Waals surface area contributed by atoms with Crippen molar-refractivity contribution in [1.82, 2.24) is 9.97 Å². The van der Waals surface area contributed by atoms with E-state index in [4.69, 9.17) is 10.5 Å². The van der Waals surface area contributed by atoms with Crippen molar-refractivity contribution in [3.05, 3.63) is 55.0 Å². The van der Waals surface area contributed by atoms with E-state index in [9.17, 15) is 9.59 Å². The van der Waals surface area contributed by atoms with Crippen LogP contribution >= 0.6 is 31.9 Å². The summed E-state index contributed by atoms with van der Waals surface area (Å²) in [7, 11) is 2.41. The van der Waals surface area contributed by atoms with Gasteiger partial charge in [0.2, 0.25) is 0 Å². The Bertz CT molecular complexity index is 1010. The molecule has 0 radical (unpaired) electrons. The Hall–Kier alpha value is -3.08. The number of rotatable bonds is 6. The number of esters is 2. The normalized spacial score (nSPS) is 11.5. The predicted octanol–water partition coefficient (Wildman–Crippen LogP) is 3.62. The molecule has 0 atom stereocenters. The lowest BCUT2D eigenvalue weighted by molar-refractivity contribution is -0.136. The van der Waals surface area contributed by atoms with Gasteiger partial charge in [0.15, 0.2) is 0 Å². The number of nitrogens with one attached hydrogen (secondary N) is 2. The number of nitriles is 2. The Morgan fingerprint density at radius 2 is 1.31 bits per heavy atom. The fourth-order valence-electron chi connectivity index (χ4n) is 2.38. The number of H-pyrrole nitrogens is 2. The number of hydrogen-bond acceptors (Lipinski definition) is 6. The van der Waals surface area contributed by atoms with Gasteiger partial charge in [-0.25, -0.2) is 9.59 Å². The van der Waals surface area contributed by atoms with Crippen LogP contribution in [0.2, 0.25) is 0 Å². The summed E-state index contributed by atoms with van der Waals surface area (Å²) in [6.07, 6.45) is 3.23. The molecule has 2 rings (SSSR count). The van der Waals surface area contributed by atoms with Crippen LogP contribution in [0.1, 0.15) is 22.8 Å². The van der Waals surface area contributed by atoms with E-state index >= 15 is 0 Å². The van der Waals surface area contributed by atoms with Crippen LogP contribution in [0.15, 0.2) is 32.2 Å². The highest BCUT2D eigenvalue weighted by Crippen LogP contribution is 2.27. The van der Waals surface area contributed by atoms with E-state index in [-0.39, 0.29) is 11.1 Å². The number of nitrogens with zero attached hydrogens (tertiary/aromatic N) is 2. The van der Waals surface area contributed by atoms with Crippen molar-refractivity contribution < 1.29 is 19.1 Å². The molecule has 0 fully saturated rings. The van der Waals surface area contributed by atoms with Crippen molar-refractivity contribution in [3.63, 3.8) is 0 Å². The van der Waals surface area contributed by atoms with E-state index in [1.54, 1.807) is 24.3 Å². The summed E-state index contributed by atoms with van der Waals surface area (Å²) in [4.78, 5) is 29.3. The molecule has 8 nitrogen and oxygen atoms in total. The molecule has 0 aliphatic rings. The van der Waals surface area contributed by atoms with Gasteiger partial charge < -0.3 is 19.4 Å². The standard InChI is InChI=1S/C19H14Br2N4O4/c1-28-18(26)10(8-22)3-12-5-14(20)16(24-12)7-17-15(21)6-13(25-17)4-11(9-23)19(27)29-2/h3-6,24-25H,7H2,1-2H3/b10-3+,11-4+. The third-order valence-electron chi connectivity index (χ3n) is 3.74. The van der Waals surface area contributed by atoms with Gasteiger partial charge >= 0.3 is 11.9 Å². The molecule has 0 aliphatic carbocycles. The zero-order valence-corrected chi connectivity index (χ0v) is 18.5. The molecule has 2 heterocycles. The Balaban J connectivity index is 2.30. The Morgan fingerprint density at radius 1 is 0.931 bits per heavy atom. The number of halogens is 2. The highest BCUT2D eigenvalue weighted by atomic mass is 79.9. The van der Waals surface area contributed by atoms with Crippen molar-refractivity contribution in [2.45, 2.75) is 6.42 Å². The second-order valence-electron chi connectivity index (χ2n) is 5.60. The predicted molar refractivity (Wildman–Crippen MR) is 111 cm³/mol. The molecular formula is C19H14Br2N4O4. The van der Waals surface area contributed by atoms with Gasteiger partial charge in [-0.3, -0.25) is 0 Å². The zero-order valence-electron chi connectivity index (χ0n) is 15.3. The fourth-order valence-corrected chi connectivity index (χ4v) is 3.35. The van der Waals surface area contributed by atoms with Crippen LogP contribution < -0.4 is 0 Å². The SMILES string of the molecule is COC(=O)/C(C#N)=C/c1cc(Br)c(Cc2[nH]c(/C=C(\C#N)C(=O)OC)cc2Br)[nH]1. The minimum absolute atomic E-state index is 0.131. The van der Waals surface area contributed by atoms with E-state index in [0.717, 1.165) is 20.3 Å². The van der Waals surface area contributed by atoms with Gasteiger partial charge in [0.05, 0.1) is 14.2 Å². The maximum atomic E-state index is 11.5. The van der Waals surface area contributed by atoms with Gasteiger partial charge in [0.25, 0.3) is 0 Å². The average molecular weight is 522 g/mol. The van der Waals surface area contributed by atoms with E-state index in [0.29, 0.717) is 17.8 Å². The van der Waals surface area contributed by atoms with Crippen LogP contribution in [0.4, 0.5) is 0 Å². The van der Waals surface area contributed by atoms with Gasteiger partial charge in [0.1, 0.15) is 23.3 Å². The molecule has 0 saturated heterocycles. The molecule has 0 bridgehead atoms. The van der Waals surface area contributed by atoms with Crippen LogP contribution in [0.5, 0.6) is 0 Å². The summed E-state index contributed by atoms with van der Waals surface area (Å²) in [5, 5.41) is 18.1. The lowest BCUT2D eigenvalue weighted by Crippen LogP contribution is -2.02. The smallest absolute Gasteiger partial charge is 0.348 e. The van der Waals surface area contributed by atoms with E-state index in [1.165, 1.54) is 26.4 Å². The number of methoxy groups -OCH3 is 2. The summed E-state index contributed by atoms with van der Waals surface area (Å²) in [5.41, 5.74) is 2.40. The van der Waals surface area contributed by atoms with Crippen molar-refractivity contribution >= 4 is 56.0 Å². The number of hydrogen-bond donors (Lipinski definition) is 2. The van der Waals surface area contributed by atoms with E-state index in [2.05, 4.69) is 51.3 Å². The first-order valence-corrected chi connectivity index (χ1v) is 9.56. The number of aromatic nitrogens is 2. The van der Waals surface area contributed by atoms with Crippen LogP contribution in [-0.4, -0.2) is 36.1 Å². The monoisotopic (exact) mass is 520 g/mol. The van der Waals surface area contributed by atoms with E-state index in [1.807, 2.05) is 0 Å². The zero-order chi connectivity index (χ0) is 21.6. The Kier molecular flexibility index (Phi) is 7.59. The first kappa shape index (κ1) is 22.2. The van der Waals surface area contributed by atoms with Crippen LogP contribution in [0.25, 0.3) is 12.2 Å². The topological polar surface area (TPSA) is 132 Å². The molecule has 0 aliphatic heterocycles.